The van der Waals surface area contributed by atoms with Crippen LogP contribution in [0.2, 0.25) is 0 Å². The minimum absolute atomic E-state index is 0.0384. The molecule has 1 aliphatic rings. The number of hydrogen-bond acceptors (Lipinski definition) is 5. The van der Waals surface area contributed by atoms with E-state index in [9.17, 15) is 9.59 Å². The summed E-state index contributed by atoms with van der Waals surface area (Å²) < 4.78 is 0. The van der Waals surface area contributed by atoms with Gasteiger partial charge in [-0.1, -0.05) is 25.3 Å². The number of nitrogens with zero attached hydrogens (tertiary/aromatic N) is 2. The van der Waals surface area contributed by atoms with E-state index in [0.717, 1.165) is 36.3 Å². The molecule has 1 fully saturated rings. The van der Waals surface area contributed by atoms with Gasteiger partial charge in [0.1, 0.15) is 6.54 Å². The van der Waals surface area contributed by atoms with Crippen molar-refractivity contribution in [2.75, 3.05) is 11.9 Å². The SMILES string of the molecule is Cc1nc(NC(=O)CN(C(=O)c2cccs2)C2CCCCC2)sc1C. The fraction of sp³-hybridized carbons (Fsp3) is 0.500. The van der Waals surface area contributed by atoms with Crippen molar-refractivity contribution in [1.29, 1.82) is 0 Å². The number of thiophene rings is 1. The van der Waals surface area contributed by atoms with E-state index < -0.39 is 0 Å². The summed E-state index contributed by atoms with van der Waals surface area (Å²) in [6, 6.07) is 3.85. The fourth-order valence-corrected chi connectivity index (χ4v) is 4.65. The molecule has 2 heterocycles. The molecule has 0 saturated heterocycles. The summed E-state index contributed by atoms with van der Waals surface area (Å²) in [5.41, 5.74) is 0.930. The van der Waals surface area contributed by atoms with Gasteiger partial charge in [0.05, 0.1) is 10.6 Å². The van der Waals surface area contributed by atoms with E-state index >= 15 is 0 Å². The van der Waals surface area contributed by atoms with Crippen LogP contribution in [0.1, 0.15) is 52.3 Å². The maximum Gasteiger partial charge on any atom is 0.264 e. The predicted octanol–water partition coefficient (Wildman–Crippen LogP) is 4.24. The minimum Gasteiger partial charge on any atom is -0.326 e. The van der Waals surface area contributed by atoms with Crippen LogP contribution in [0, 0.1) is 13.8 Å². The second-order valence-electron chi connectivity index (χ2n) is 6.41. The number of amides is 2. The van der Waals surface area contributed by atoms with Crippen molar-refractivity contribution in [3.8, 4) is 0 Å². The molecule has 2 aromatic heterocycles. The summed E-state index contributed by atoms with van der Waals surface area (Å²) >= 11 is 2.89. The van der Waals surface area contributed by atoms with Gasteiger partial charge in [-0.05, 0) is 38.1 Å². The average Bonchev–Trinajstić information content (AvgIpc) is 3.23. The van der Waals surface area contributed by atoms with E-state index in [1.54, 1.807) is 4.90 Å². The smallest absolute Gasteiger partial charge is 0.264 e. The van der Waals surface area contributed by atoms with Crippen LogP contribution in [0.4, 0.5) is 5.13 Å². The topological polar surface area (TPSA) is 62.3 Å². The lowest BCUT2D eigenvalue weighted by Gasteiger charge is -2.33. The molecule has 7 heteroatoms. The van der Waals surface area contributed by atoms with E-state index in [2.05, 4.69) is 10.3 Å². The highest BCUT2D eigenvalue weighted by molar-refractivity contribution is 7.15. The van der Waals surface area contributed by atoms with Crippen LogP contribution in [0.15, 0.2) is 17.5 Å². The van der Waals surface area contributed by atoms with E-state index in [-0.39, 0.29) is 24.4 Å². The van der Waals surface area contributed by atoms with E-state index in [0.29, 0.717) is 10.0 Å². The molecule has 0 unspecified atom stereocenters. The number of hydrogen-bond donors (Lipinski definition) is 1. The van der Waals surface area contributed by atoms with Gasteiger partial charge in [0.15, 0.2) is 5.13 Å². The lowest BCUT2D eigenvalue weighted by atomic mass is 9.94. The van der Waals surface area contributed by atoms with Gasteiger partial charge >= 0.3 is 0 Å². The molecule has 0 atom stereocenters. The lowest BCUT2D eigenvalue weighted by Crippen LogP contribution is -2.45. The monoisotopic (exact) mass is 377 g/mol. The molecule has 2 amide bonds. The second-order valence-corrected chi connectivity index (χ2v) is 8.56. The molecule has 0 spiro atoms. The molecule has 1 saturated carbocycles. The van der Waals surface area contributed by atoms with Gasteiger partial charge in [0, 0.05) is 10.9 Å². The maximum atomic E-state index is 12.9. The minimum atomic E-state index is -0.177. The van der Waals surface area contributed by atoms with Crippen LogP contribution < -0.4 is 5.32 Å². The molecular formula is C18H23N3O2S2. The number of carbonyl (C=O) groups is 2. The van der Waals surface area contributed by atoms with Gasteiger partial charge in [-0.2, -0.15) is 0 Å². The van der Waals surface area contributed by atoms with Crippen molar-refractivity contribution in [2.45, 2.75) is 52.0 Å². The van der Waals surface area contributed by atoms with Gasteiger partial charge in [-0.25, -0.2) is 4.98 Å². The normalized spacial score (nSPS) is 15.1. The molecule has 0 bridgehead atoms. The number of nitrogens with one attached hydrogen (secondary N) is 1. The third kappa shape index (κ3) is 4.46. The summed E-state index contributed by atoms with van der Waals surface area (Å²) in [6.07, 6.45) is 5.39. The summed E-state index contributed by atoms with van der Waals surface area (Å²) in [5, 5.41) is 5.35. The Labute approximate surface area is 156 Å². The maximum absolute atomic E-state index is 12.9. The van der Waals surface area contributed by atoms with Crippen LogP contribution >= 0.6 is 22.7 Å². The van der Waals surface area contributed by atoms with Crippen molar-refractivity contribution in [2.24, 2.45) is 0 Å². The van der Waals surface area contributed by atoms with Crippen LogP contribution in [0.5, 0.6) is 0 Å². The summed E-state index contributed by atoms with van der Waals surface area (Å²) in [5.74, 6) is -0.215. The van der Waals surface area contributed by atoms with Crippen molar-refractivity contribution < 1.29 is 9.59 Å². The fourth-order valence-electron chi connectivity index (χ4n) is 3.14. The molecule has 5 nitrogen and oxygen atoms in total. The Morgan fingerprint density at radius 2 is 2.04 bits per heavy atom. The van der Waals surface area contributed by atoms with Crippen molar-refractivity contribution >= 4 is 39.6 Å². The van der Waals surface area contributed by atoms with Crippen LogP contribution in [-0.4, -0.2) is 34.3 Å². The first-order valence-corrected chi connectivity index (χ1v) is 10.3. The van der Waals surface area contributed by atoms with Gasteiger partial charge in [-0.15, -0.1) is 22.7 Å². The Balaban J connectivity index is 1.72. The Morgan fingerprint density at radius 3 is 2.64 bits per heavy atom. The highest BCUT2D eigenvalue weighted by Gasteiger charge is 2.28. The zero-order valence-corrected chi connectivity index (χ0v) is 16.2. The number of anilines is 1. The molecule has 3 rings (SSSR count). The molecule has 1 N–H and O–H groups in total. The standard InChI is InChI=1S/C18H23N3O2S2/c1-12-13(2)25-18(19-12)20-16(22)11-21(14-7-4-3-5-8-14)17(23)15-9-6-10-24-15/h6,9-10,14H,3-5,7-8,11H2,1-2H3,(H,19,20,22). The van der Waals surface area contributed by atoms with E-state index in [4.69, 9.17) is 0 Å². The van der Waals surface area contributed by atoms with Crippen molar-refractivity contribution in [3.63, 3.8) is 0 Å². The number of aryl methyl sites for hydroxylation is 2. The first-order chi connectivity index (χ1) is 12.0. The molecular weight excluding hydrogens is 354 g/mol. The van der Waals surface area contributed by atoms with Crippen LogP contribution in [0.25, 0.3) is 0 Å². The van der Waals surface area contributed by atoms with Gasteiger partial charge in [0.2, 0.25) is 5.91 Å². The molecule has 134 valence electrons. The molecule has 1 aliphatic carbocycles. The van der Waals surface area contributed by atoms with Crippen LogP contribution in [-0.2, 0) is 4.79 Å². The van der Waals surface area contributed by atoms with Gasteiger partial charge < -0.3 is 10.2 Å². The summed E-state index contributed by atoms with van der Waals surface area (Å²) in [4.78, 5) is 33.3. The Bertz CT molecular complexity index is 714. The first kappa shape index (κ1) is 18.1. The summed E-state index contributed by atoms with van der Waals surface area (Å²) in [6.45, 7) is 3.99. The van der Waals surface area contributed by atoms with Gasteiger partial charge in [-0.3, -0.25) is 9.59 Å². The number of rotatable bonds is 5. The number of carbonyl (C=O) groups excluding carboxylic acids is 2. The number of aromatic nitrogens is 1. The molecule has 0 radical (unpaired) electrons. The van der Waals surface area contributed by atoms with E-state index in [1.807, 2.05) is 31.4 Å². The highest BCUT2D eigenvalue weighted by Crippen LogP contribution is 2.26. The predicted molar refractivity (Wildman–Crippen MR) is 102 cm³/mol. The number of thiazole rings is 1. The lowest BCUT2D eigenvalue weighted by molar-refractivity contribution is -0.117. The molecule has 0 aromatic carbocycles. The Kier molecular flexibility index (Phi) is 5.86. The first-order valence-electron chi connectivity index (χ1n) is 8.63. The molecule has 25 heavy (non-hydrogen) atoms. The van der Waals surface area contributed by atoms with Crippen molar-refractivity contribution in [3.05, 3.63) is 33.0 Å². The molecule has 2 aromatic rings. The zero-order chi connectivity index (χ0) is 17.8. The van der Waals surface area contributed by atoms with Gasteiger partial charge in [0.25, 0.3) is 5.91 Å². The third-order valence-corrected chi connectivity index (χ3v) is 6.44. The quantitative estimate of drug-likeness (QED) is 0.848. The second kappa shape index (κ2) is 8.10. The highest BCUT2D eigenvalue weighted by atomic mass is 32.1. The molecule has 0 aliphatic heterocycles. The zero-order valence-electron chi connectivity index (χ0n) is 14.6. The van der Waals surface area contributed by atoms with Crippen LogP contribution in [0.3, 0.4) is 0 Å². The average molecular weight is 378 g/mol. The van der Waals surface area contributed by atoms with Crippen molar-refractivity contribution in [1.82, 2.24) is 9.88 Å². The Morgan fingerprint density at radius 1 is 1.28 bits per heavy atom. The van der Waals surface area contributed by atoms with E-state index in [1.165, 1.54) is 29.1 Å². The summed E-state index contributed by atoms with van der Waals surface area (Å²) in [7, 11) is 0. The largest absolute Gasteiger partial charge is 0.326 e. The Hall–Kier alpha value is -1.73. The third-order valence-electron chi connectivity index (χ3n) is 4.60.